The largest absolute Gasteiger partial charge is 0.497 e. The summed E-state index contributed by atoms with van der Waals surface area (Å²) in [4.78, 5) is 2.44. The molecule has 18 heavy (non-hydrogen) atoms. The molecule has 0 radical (unpaired) electrons. The zero-order valence-corrected chi connectivity index (χ0v) is 10.9. The molecule has 2 atom stereocenters. The van der Waals surface area contributed by atoms with Crippen LogP contribution in [0.15, 0.2) is 18.2 Å². The third-order valence-electron chi connectivity index (χ3n) is 4.28. The van der Waals surface area contributed by atoms with E-state index >= 15 is 0 Å². The molecule has 1 aliphatic heterocycles. The molecule has 3 nitrogen and oxygen atoms in total. The fraction of sp³-hybridized carbons (Fsp3) is 0.600. The Balaban J connectivity index is 1.95. The summed E-state index contributed by atoms with van der Waals surface area (Å²) in [5.41, 5.74) is 2.65. The summed E-state index contributed by atoms with van der Waals surface area (Å²) in [5.74, 6) is 0.922. The highest BCUT2D eigenvalue weighted by molar-refractivity contribution is 5.40. The highest BCUT2D eigenvalue weighted by Crippen LogP contribution is 2.37. The lowest BCUT2D eigenvalue weighted by molar-refractivity contribution is 0.0479. The summed E-state index contributed by atoms with van der Waals surface area (Å²) in [7, 11) is 1.71. The van der Waals surface area contributed by atoms with E-state index < -0.39 is 0 Å². The van der Waals surface area contributed by atoms with Crippen LogP contribution in [-0.4, -0.2) is 36.3 Å². The Hall–Kier alpha value is -1.06. The molecule has 2 aliphatic rings. The summed E-state index contributed by atoms with van der Waals surface area (Å²) in [6, 6.07) is 6.48. The van der Waals surface area contributed by atoms with Crippen LogP contribution in [0.5, 0.6) is 5.75 Å². The standard InChI is InChI=1S/C15H21NO2/c1-18-12-5-6-13-11(10-12)4-7-14(17)15(13)16-8-2-3-9-16/h5-6,10,14-15,17H,2-4,7-9H2,1H3. The normalized spacial score (nSPS) is 28.1. The topological polar surface area (TPSA) is 32.7 Å². The van der Waals surface area contributed by atoms with E-state index in [0.29, 0.717) is 0 Å². The summed E-state index contributed by atoms with van der Waals surface area (Å²) in [6.45, 7) is 2.24. The molecule has 0 spiro atoms. The van der Waals surface area contributed by atoms with Gasteiger partial charge in [-0.1, -0.05) is 6.07 Å². The third kappa shape index (κ3) is 2.02. The molecule has 0 amide bonds. The van der Waals surface area contributed by atoms with Crippen LogP contribution in [0.1, 0.15) is 36.4 Å². The van der Waals surface area contributed by atoms with Gasteiger partial charge in [0.05, 0.1) is 19.3 Å². The lowest BCUT2D eigenvalue weighted by Gasteiger charge is -2.37. The Morgan fingerprint density at radius 1 is 1.28 bits per heavy atom. The number of rotatable bonds is 2. The van der Waals surface area contributed by atoms with Gasteiger partial charge in [0.2, 0.25) is 0 Å². The minimum absolute atomic E-state index is 0.196. The molecule has 2 unspecified atom stereocenters. The highest BCUT2D eigenvalue weighted by Gasteiger charge is 2.34. The number of methoxy groups -OCH3 is 1. The van der Waals surface area contributed by atoms with Crippen LogP contribution < -0.4 is 4.74 Å². The second kappa shape index (κ2) is 4.90. The summed E-state index contributed by atoms with van der Waals surface area (Å²) in [6.07, 6.45) is 4.12. The Labute approximate surface area is 108 Å². The first-order chi connectivity index (χ1) is 8.79. The SMILES string of the molecule is COc1ccc2c(c1)CCC(O)C2N1CCCC1. The monoisotopic (exact) mass is 247 g/mol. The molecule has 0 aromatic heterocycles. The first-order valence-electron chi connectivity index (χ1n) is 6.88. The van der Waals surface area contributed by atoms with E-state index in [1.807, 2.05) is 6.07 Å². The van der Waals surface area contributed by atoms with Crippen molar-refractivity contribution in [1.29, 1.82) is 0 Å². The van der Waals surface area contributed by atoms with Gasteiger partial charge in [-0.25, -0.2) is 0 Å². The Morgan fingerprint density at radius 2 is 2.06 bits per heavy atom. The van der Waals surface area contributed by atoms with Crippen LogP contribution in [0.4, 0.5) is 0 Å². The molecule has 1 aromatic carbocycles. The predicted octanol–water partition coefficient (Wildman–Crippen LogP) is 2.14. The van der Waals surface area contributed by atoms with Crippen molar-refractivity contribution in [3.8, 4) is 5.75 Å². The second-order valence-corrected chi connectivity index (χ2v) is 5.36. The number of benzene rings is 1. The molecule has 1 saturated heterocycles. The van der Waals surface area contributed by atoms with Crippen LogP contribution >= 0.6 is 0 Å². The van der Waals surface area contributed by atoms with Crippen molar-refractivity contribution in [2.45, 2.75) is 37.8 Å². The first kappa shape index (κ1) is 12.0. The molecule has 0 saturated carbocycles. The number of nitrogens with zero attached hydrogens (tertiary/aromatic N) is 1. The van der Waals surface area contributed by atoms with Crippen molar-refractivity contribution < 1.29 is 9.84 Å². The fourth-order valence-corrected chi connectivity index (χ4v) is 3.34. The van der Waals surface area contributed by atoms with Crippen LogP contribution in [0, 0.1) is 0 Å². The molecule has 1 aromatic rings. The van der Waals surface area contributed by atoms with E-state index in [0.717, 1.165) is 31.7 Å². The lowest BCUT2D eigenvalue weighted by Crippen LogP contribution is -2.38. The van der Waals surface area contributed by atoms with Crippen LogP contribution in [0.2, 0.25) is 0 Å². The number of aliphatic hydroxyl groups is 1. The number of fused-ring (bicyclic) bond motifs is 1. The van der Waals surface area contributed by atoms with E-state index in [4.69, 9.17) is 4.74 Å². The quantitative estimate of drug-likeness (QED) is 0.869. The average Bonchev–Trinajstić information content (AvgIpc) is 2.91. The number of aryl methyl sites for hydroxylation is 1. The van der Waals surface area contributed by atoms with Gasteiger partial charge >= 0.3 is 0 Å². The average molecular weight is 247 g/mol. The number of ether oxygens (including phenoxy) is 1. The molecule has 3 heteroatoms. The van der Waals surface area contributed by atoms with E-state index in [1.165, 1.54) is 24.0 Å². The lowest BCUT2D eigenvalue weighted by atomic mass is 9.84. The summed E-state index contributed by atoms with van der Waals surface area (Å²) in [5, 5.41) is 10.3. The Morgan fingerprint density at radius 3 is 2.78 bits per heavy atom. The minimum Gasteiger partial charge on any atom is -0.497 e. The Bertz CT molecular complexity index is 427. The van der Waals surface area contributed by atoms with E-state index in [-0.39, 0.29) is 12.1 Å². The van der Waals surface area contributed by atoms with Gasteiger partial charge in [-0.3, -0.25) is 4.90 Å². The predicted molar refractivity (Wildman–Crippen MR) is 70.9 cm³/mol. The summed E-state index contributed by atoms with van der Waals surface area (Å²) < 4.78 is 5.29. The van der Waals surface area contributed by atoms with Gasteiger partial charge in [-0.15, -0.1) is 0 Å². The summed E-state index contributed by atoms with van der Waals surface area (Å²) >= 11 is 0. The maximum absolute atomic E-state index is 10.3. The van der Waals surface area contributed by atoms with Crippen LogP contribution in [0.25, 0.3) is 0 Å². The van der Waals surface area contributed by atoms with Crippen LogP contribution in [-0.2, 0) is 6.42 Å². The smallest absolute Gasteiger partial charge is 0.119 e. The molecule has 1 fully saturated rings. The van der Waals surface area contributed by atoms with E-state index in [9.17, 15) is 5.11 Å². The van der Waals surface area contributed by atoms with Crippen molar-refractivity contribution in [2.24, 2.45) is 0 Å². The number of hydrogen-bond donors (Lipinski definition) is 1. The molecule has 3 rings (SSSR count). The zero-order chi connectivity index (χ0) is 12.5. The van der Waals surface area contributed by atoms with Crippen molar-refractivity contribution in [2.75, 3.05) is 20.2 Å². The number of aliphatic hydroxyl groups excluding tert-OH is 1. The van der Waals surface area contributed by atoms with Gasteiger partial charge in [0.1, 0.15) is 5.75 Å². The van der Waals surface area contributed by atoms with Gasteiger partial charge in [0.15, 0.2) is 0 Å². The van der Waals surface area contributed by atoms with Crippen molar-refractivity contribution in [1.82, 2.24) is 4.90 Å². The molecule has 1 N–H and O–H groups in total. The second-order valence-electron chi connectivity index (χ2n) is 5.36. The highest BCUT2D eigenvalue weighted by atomic mass is 16.5. The number of hydrogen-bond acceptors (Lipinski definition) is 3. The van der Waals surface area contributed by atoms with Crippen LogP contribution in [0.3, 0.4) is 0 Å². The van der Waals surface area contributed by atoms with E-state index in [2.05, 4.69) is 17.0 Å². The molecule has 1 heterocycles. The molecule has 98 valence electrons. The van der Waals surface area contributed by atoms with Crippen molar-refractivity contribution >= 4 is 0 Å². The zero-order valence-electron chi connectivity index (χ0n) is 10.9. The molecular weight excluding hydrogens is 226 g/mol. The van der Waals surface area contributed by atoms with Crippen molar-refractivity contribution in [3.05, 3.63) is 29.3 Å². The maximum Gasteiger partial charge on any atom is 0.119 e. The van der Waals surface area contributed by atoms with Gasteiger partial charge < -0.3 is 9.84 Å². The number of likely N-dealkylation sites (tertiary alicyclic amines) is 1. The maximum atomic E-state index is 10.3. The van der Waals surface area contributed by atoms with Crippen molar-refractivity contribution in [3.63, 3.8) is 0 Å². The fourth-order valence-electron chi connectivity index (χ4n) is 3.34. The minimum atomic E-state index is -0.219. The molecule has 1 aliphatic carbocycles. The van der Waals surface area contributed by atoms with Gasteiger partial charge in [-0.05, 0) is 62.0 Å². The third-order valence-corrected chi connectivity index (χ3v) is 4.28. The van der Waals surface area contributed by atoms with Gasteiger partial charge in [-0.2, -0.15) is 0 Å². The van der Waals surface area contributed by atoms with Gasteiger partial charge in [0, 0.05) is 0 Å². The van der Waals surface area contributed by atoms with Gasteiger partial charge in [0.25, 0.3) is 0 Å². The van der Waals surface area contributed by atoms with E-state index in [1.54, 1.807) is 7.11 Å². The first-order valence-corrected chi connectivity index (χ1v) is 6.88. The Kier molecular flexibility index (Phi) is 3.27. The molecular formula is C15H21NO2. The molecule has 0 bridgehead atoms.